The fraction of sp³-hybridized carbons (Fsp3) is 0.429. The molecule has 0 aromatic heterocycles. The quantitative estimate of drug-likeness (QED) is 0.317. The van der Waals surface area contributed by atoms with Crippen molar-refractivity contribution in [1.29, 1.82) is 0 Å². The van der Waals surface area contributed by atoms with Crippen molar-refractivity contribution in [2.24, 2.45) is 5.11 Å². The summed E-state index contributed by atoms with van der Waals surface area (Å²) in [6.45, 7) is 1.90. The van der Waals surface area contributed by atoms with Crippen LogP contribution < -0.4 is 0 Å². The summed E-state index contributed by atoms with van der Waals surface area (Å²) in [4.78, 5) is 2.74. The van der Waals surface area contributed by atoms with Crippen LogP contribution in [0.3, 0.4) is 0 Å². The van der Waals surface area contributed by atoms with Crippen molar-refractivity contribution in [3.8, 4) is 0 Å². The van der Waals surface area contributed by atoms with Crippen molar-refractivity contribution in [2.45, 2.75) is 19.4 Å². The lowest BCUT2D eigenvalue weighted by Crippen LogP contribution is -1.98. The van der Waals surface area contributed by atoms with Crippen molar-refractivity contribution in [3.63, 3.8) is 0 Å². The zero-order chi connectivity index (χ0) is 7.40. The summed E-state index contributed by atoms with van der Waals surface area (Å²) in [6.07, 6.45) is 6.97. The molecule has 0 heterocycles. The van der Waals surface area contributed by atoms with Gasteiger partial charge in [0.05, 0.1) is 6.04 Å². The molecule has 0 saturated heterocycles. The van der Waals surface area contributed by atoms with Gasteiger partial charge < -0.3 is 0 Å². The molecular weight excluding hydrogens is 126 g/mol. The van der Waals surface area contributed by atoms with Gasteiger partial charge in [-0.2, -0.15) is 0 Å². The van der Waals surface area contributed by atoms with Gasteiger partial charge in [0.2, 0.25) is 0 Å². The van der Waals surface area contributed by atoms with Crippen LogP contribution in [0.15, 0.2) is 28.9 Å². The van der Waals surface area contributed by atoms with E-state index in [1.807, 2.05) is 19.1 Å². The van der Waals surface area contributed by atoms with Crippen molar-refractivity contribution >= 4 is 0 Å². The molecule has 3 heteroatoms. The van der Waals surface area contributed by atoms with Crippen LogP contribution in [0.1, 0.15) is 13.3 Å². The van der Waals surface area contributed by atoms with Gasteiger partial charge >= 0.3 is 0 Å². The number of hydrogen-bond donors (Lipinski definition) is 0. The SMILES string of the molecule is CC(N=[N+]=[N-])C1=CC=CC1. The summed E-state index contributed by atoms with van der Waals surface area (Å²) in [6, 6.07) is 0.0139. The Hall–Kier alpha value is -1.21. The van der Waals surface area contributed by atoms with Crippen LogP contribution in [0.2, 0.25) is 0 Å². The minimum atomic E-state index is 0.0139. The third-order valence-electron chi connectivity index (χ3n) is 1.56. The summed E-state index contributed by atoms with van der Waals surface area (Å²) < 4.78 is 0. The first-order valence-corrected chi connectivity index (χ1v) is 3.24. The second kappa shape index (κ2) is 3.08. The second-order valence-corrected chi connectivity index (χ2v) is 2.25. The molecule has 0 fully saturated rings. The maximum Gasteiger partial charge on any atom is 0.0562 e. The topological polar surface area (TPSA) is 48.8 Å². The van der Waals surface area contributed by atoms with E-state index in [0.717, 1.165) is 6.42 Å². The van der Waals surface area contributed by atoms with Gasteiger partial charge in [0.1, 0.15) is 0 Å². The molecule has 0 spiro atoms. The molecule has 0 N–H and O–H groups in total. The van der Waals surface area contributed by atoms with Crippen molar-refractivity contribution in [2.75, 3.05) is 0 Å². The minimum absolute atomic E-state index is 0.0139. The normalized spacial score (nSPS) is 17.9. The highest BCUT2D eigenvalue weighted by atomic mass is 15.1. The molecule has 3 nitrogen and oxygen atoms in total. The van der Waals surface area contributed by atoms with Crippen LogP contribution in [0.4, 0.5) is 0 Å². The highest BCUT2D eigenvalue weighted by Gasteiger charge is 2.05. The summed E-state index contributed by atoms with van der Waals surface area (Å²) in [5.74, 6) is 0. The molecule has 0 saturated carbocycles. The molecule has 1 atom stereocenters. The van der Waals surface area contributed by atoms with Gasteiger partial charge in [-0.05, 0) is 12.0 Å². The standard InChI is InChI=1S/C7H9N3/c1-6(9-10-8)7-4-2-3-5-7/h2-4,6H,5H2,1H3. The Bertz CT molecular complexity index is 221. The minimum Gasteiger partial charge on any atom is -0.0865 e. The first-order chi connectivity index (χ1) is 4.84. The third kappa shape index (κ3) is 1.39. The molecule has 0 aromatic rings. The maximum absolute atomic E-state index is 8.11. The van der Waals surface area contributed by atoms with Crippen LogP contribution in [0.25, 0.3) is 10.4 Å². The predicted octanol–water partition coefficient (Wildman–Crippen LogP) is 2.57. The van der Waals surface area contributed by atoms with Crippen LogP contribution in [-0.4, -0.2) is 6.04 Å². The molecule has 10 heavy (non-hydrogen) atoms. The third-order valence-corrected chi connectivity index (χ3v) is 1.56. The maximum atomic E-state index is 8.11. The summed E-state index contributed by atoms with van der Waals surface area (Å²) in [5.41, 5.74) is 9.30. The average molecular weight is 135 g/mol. The summed E-state index contributed by atoms with van der Waals surface area (Å²) in [5, 5.41) is 3.58. The Balaban J connectivity index is 2.58. The van der Waals surface area contributed by atoms with Crippen molar-refractivity contribution in [3.05, 3.63) is 34.2 Å². The molecule has 0 aromatic carbocycles. The van der Waals surface area contributed by atoms with E-state index in [9.17, 15) is 0 Å². The molecule has 1 rings (SSSR count). The number of rotatable bonds is 2. The number of nitrogens with zero attached hydrogens (tertiary/aromatic N) is 3. The Morgan fingerprint density at radius 1 is 1.80 bits per heavy atom. The molecule has 1 aliphatic rings. The number of hydrogen-bond acceptors (Lipinski definition) is 1. The van der Waals surface area contributed by atoms with E-state index in [4.69, 9.17) is 5.53 Å². The van der Waals surface area contributed by atoms with Gasteiger partial charge in [-0.15, -0.1) is 0 Å². The Labute approximate surface area is 59.7 Å². The van der Waals surface area contributed by atoms with E-state index in [2.05, 4.69) is 16.1 Å². The lowest BCUT2D eigenvalue weighted by Gasteiger charge is -2.02. The molecule has 1 aliphatic carbocycles. The lowest BCUT2D eigenvalue weighted by molar-refractivity contribution is 0.831. The molecule has 1 unspecified atom stereocenters. The Kier molecular flexibility index (Phi) is 2.13. The van der Waals surface area contributed by atoms with Gasteiger partial charge in [0.25, 0.3) is 0 Å². The van der Waals surface area contributed by atoms with Gasteiger partial charge in [-0.1, -0.05) is 35.8 Å². The number of allylic oxidation sites excluding steroid dienone is 3. The van der Waals surface area contributed by atoms with E-state index in [0.29, 0.717) is 0 Å². The van der Waals surface area contributed by atoms with Crippen LogP contribution in [-0.2, 0) is 0 Å². The smallest absolute Gasteiger partial charge is 0.0562 e. The van der Waals surface area contributed by atoms with E-state index >= 15 is 0 Å². The van der Waals surface area contributed by atoms with E-state index < -0.39 is 0 Å². The highest BCUT2D eigenvalue weighted by Crippen LogP contribution is 2.16. The molecular formula is C7H9N3. The predicted molar refractivity (Wildman–Crippen MR) is 40.4 cm³/mol. The first kappa shape index (κ1) is 6.90. The zero-order valence-electron chi connectivity index (χ0n) is 5.86. The van der Waals surface area contributed by atoms with Gasteiger partial charge in [-0.25, -0.2) is 0 Å². The molecule has 0 bridgehead atoms. The molecule has 0 radical (unpaired) electrons. The monoisotopic (exact) mass is 135 g/mol. The fourth-order valence-corrected chi connectivity index (χ4v) is 0.925. The van der Waals surface area contributed by atoms with E-state index in [1.54, 1.807) is 0 Å². The van der Waals surface area contributed by atoms with Crippen molar-refractivity contribution in [1.82, 2.24) is 0 Å². The van der Waals surface area contributed by atoms with Crippen molar-refractivity contribution < 1.29 is 0 Å². The second-order valence-electron chi connectivity index (χ2n) is 2.25. The van der Waals surface area contributed by atoms with Gasteiger partial charge in [0, 0.05) is 4.91 Å². The fourth-order valence-electron chi connectivity index (χ4n) is 0.925. The zero-order valence-corrected chi connectivity index (χ0v) is 5.86. The first-order valence-electron chi connectivity index (χ1n) is 3.24. The van der Waals surface area contributed by atoms with Crippen LogP contribution in [0, 0.1) is 0 Å². The number of azide groups is 1. The van der Waals surface area contributed by atoms with Gasteiger partial charge in [0.15, 0.2) is 0 Å². The van der Waals surface area contributed by atoms with Gasteiger partial charge in [-0.3, -0.25) is 0 Å². The largest absolute Gasteiger partial charge is 0.0865 e. The Morgan fingerprint density at radius 3 is 3.10 bits per heavy atom. The van der Waals surface area contributed by atoms with Crippen LogP contribution in [0.5, 0.6) is 0 Å². The van der Waals surface area contributed by atoms with Crippen LogP contribution >= 0.6 is 0 Å². The lowest BCUT2D eigenvalue weighted by atomic mass is 10.1. The van der Waals surface area contributed by atoms with E-state index in [1.165, 1.54) is 5.57 Å². The molecule has 0 aliphatic heterocycles. The highest BCUT2D eigenvalue weighted by molar-refractivity contribution is 5.26. The molecule has 52 valence electrons. The average Bonchev–Trinajstić information content (AvgIpc) is 2.38. The van der Waals surface area contributed by atoms with E-state index in [-0.39, 0.29) is 6.04 Å². The summed E-state index contributed by atoms with van der Waals surface area (Å²) in [7, 11) is 0. The summed E-state index contributed by atoms with van der Waals surface area (Å²) >= 11 is 0. The molecule has 0 amide bonds. The Morgan fingerprint density at radius 2 is 2.60 bits per heavy atom.